The van der Waals surface area contributed by atoms with Gasteiger partial charge in [0.1, 0.15) is 0 Å². The molecular formula is C28H34MoN2O4-6. The van der Waals surface area contributed by atoms with E-state index in [9.17, 15) is 10.2 Å². The average Bonchev–Trinajstić information content (AvgIpc) is 2.70. The van der Waals surface area contributed by atoms with Crippen molar-refractivity contribution in [1.82, 2.24) is 9.88 Å². The molecule has 0 saturated heterocycles. The summed E-state index contributed by atoms with van der Waals surface area (Å²) in [6, 6.07) is 17.3. The molecule has 3 rings (SSSR count). The molecular weight excluding hydrogens is 524 g/mol. The minimum absolute atomic E-state index is 0. The van der Waals surface area contributed by atoms with E-state index in [1.54, 1.807) is 6.20 Å². The third-order valence-electron chi connectivity index (χ3n) is 5.71. The molecule has 6 nitrogen and oxygen atoms in total. The van der Waals surface area contributed by atoms with Gasteiger partial charge in [-0.05, 0) is 34.1 Å². The van der Waals surface area contributed by atoms with Crippen LogP contribution in [-0.4, -0.2) is 9.88 Å². The van der Waals surface area contributed by atoms with Crippen LogP contribution in [0.15, 0.2) is 60.8 Å². The number of benzene rings is 2. The Balaban J connectivity index is 0.00000385. The zero-order valence-electron chi connectivity index (χ0n) is 21.3. The van der Waals surface area contributed by atoms with Crippen molar-refractivity contribution in [3.05, 3.63) is 88.7 Å². The Morgan fingerprint density at radius 3 is 1.49 bits per heavy atom. The first-order valence-electron chi connectivity index (χ1n) is 11.2. The SMILES string of the molecule is CC(C)(C)c1cccc(CN(Cc2ccccn2)Cc2cccc(C(C)(C)C)c2[O-])c1[O-].[Mo].[O-2].[O-2]. The van der Waals surface area contributed by atoms with Gasteiger partial charge in [-0.15, -0.1) is 11.5 Å². The van der Waals surface area contributed by atoms with Crippen molar-refractivity contribution >= 4 is 0 Å². The summed E-state index contributed by atoms with van der Waals surface area (Å²) in [6.07, 6.45) is 1.77. The minimum atomic E-state index is -0.220. The smallest absolute Gasteiger partial charge is 0.0544 e. The van der Waals surface area contributed by atoms with Gasteiger partial charge in [-0.25, -0.2) is 0 Å². The number of aromatic nitrogens is 1. The van der Waals surface area contributed by atoms with Crippen molar-refractivity contribution in [2.75, 3.05) is 0 Å². The number of nitrogens with zero attached hydrogens (tertiary/aromatic N) is 2. The average molecular weight is 559 g/mol. The number of hydrogen-bond donors (Lipinski definition) is 0. The van der Waals surface area contributed by atoms with Crippen LogP contribution in [0.5, 0.6) is 11.5 Å². The summed E-state index contributed by atoms with van der Waals surface area (Å²) in [6.45, 7) is 13.8. The Morgan fingerprint density at radius 2 is 1.11 bits per heavy atom. The summed E-state index contributed by atoms with van der Waals surface area (Å²) >= 11 is 0. The van der Waals surface area contributed by atoms with E-state index in [0.717, 1.165) is 27.9 Å². The van der Waals surface area contributed by atoms with E-state index >= 15 is 0 Å². The molecule has 0 bridgehead atoms. The van der Waals surface area contributed by atoms with Gasteiger partial charge in [0.2, 0.25) is 0 Å². The number of rotatable bonds is 6. The first-order valence-corrected chi connectivity index (χ1v) is 11.2. The van der Waals surface area contributed by atoms with Gasteiger partial charge in [0.05, 0.1) is 5.69 Å². The molecule has 0 radical (unpaired) electrons. The number of para-hydroxylation sites is 2. The maximum absolute atomic E-state index is 13.2. The van der Waals surface area contributed by atoms with Crippen molar-refractivity contribution in [2.24, 2.45) is 0 Å². The van der Waals surface area contributed by atoms with Crippen LogP contribution in [0.1, 0.15) is 69.5 Å². The van der Waals surface area contributed by atoms with Crippen LogP contribution in [-0.2, 0) is 62.5 Å². The third-order valence-corrected chi connectivity index (χ3v) is 5.71. The summed E-state index contributed by atoms with van der Waals surface area (Å²) in [5.74, 6) is 0.161. The Kier molecular flexibility index (Phi) is 12.3. The van der Waals surface area contributed by atoms with E-state index < -0.39 is 0 Å². The van der Waals surface area contributed by atoms with Crippen LogP contribution in [0.3, 0.4) is 0 Å². The molecule has 0 N–H and O–H groups in total. The maximum Gasteiger partial charge on any atom is 0.0544 e. The van der Waals surface area contributed by atoms with E-state index in [0.29, 0.717) is 19.6 Å². The fourth-order valence-electron chi connectivity index (χ4n) is 3.97. The standard InChI is InChI=1S/C28H36N2O2.Mo.2O/c1-27(2,3)23-14-9-11-20(25(23)31)17-30(19-22-13-7-8-16-29-22)18-21-12-10-15-24(26(21)32)28(4,5)6;;;/h7-16,31-32H,17-19H2,1-6H3;;;/q;;2*-2/p-2. The second kappa shape index (κ2) is 13.2. The zero-order valence-corrected chi connectivity index (χ0v) is 23.3. The Morgan fingerprint density at radius 1 is 0.657 bits per heavy atom. The van der Waals surface area contributed by atoms with Gasteiger partial charge in [-0.1, -0.05) is 95.1 Å². The Bertz CT molecular complexity index is 995. The minimum Gasteiger partial charge on any atom is -2.00 e. The molecule has 0 amide bonds. The van der Waals surface area contributed by atoms with Crippen LogP contribution in [0, 0.1) is 0 Å². The van der Waals surface area contributed by atoms with Crippen LogP contribution in [0.25, 0.3) is 0 Å². The van der Waals surface area contributed by atoms with E-state index in [1.807, 2.05) is 54.6 Å². The van der Waals surface area contributed by atoms with Gasteiger partial charge >= 0.3 is 0 Å². The molecule has 0 saturated carbocycles. The summed E-state index contributed by atoms with van der Waals surface area (Å²) in [5, 5.41) is 26.4. The second-order valence-corrected chi connectivity index (χ2v) is 10.6. The van der Waals surface area contributed by atoms with E-state index in [-0.39, 0.29) is 54.3 Å². The van der Waals surface area contributed by atoms with Crippen molar-refractivity contribution in [1.29, 1.82) is 0 Å². The molecule has 0 unspecified atom stereocenters. The molecule has 0 aliphatic carbocycles. The largest absolute Gasteiger partial charge is 2.00 e. The topological polar surface area (TPSA) is 119 Å². The van der Waals surface area contributed by atoms with Crippen molar-refractivity contribution in [2.45, 2.75) is 72.0 Å². The summed E-state index contributed by atoms with van der Waals surface area (Å²) < 4.78 is 0. The van der Waals surface area contributed by atoms with Gasteiger partial charge in [0, 0.05) is 46.9 Å². The summed E-state index contributed by atoms with van der Waals surface area (Å²) in [7, 11) is 0. The van der Waals surface area contributed by atoms with Gasteiger partial charge < -0.3 is 21.2 Å². The van der Waals surface area contributed by atoms with Crippen molar-refractivity contribution in [3.63, 3.8) is 0 Å². The third kappa shape index (κ3) is 8.43. The zero-order chi connectivity index (χ0) is 23.5. The normalized spacial score (nSPS) is 11.3. The summed E-state index contributed by atoms with van der Waals surface area (Å²) in [5.41, 5.74) is 3.58. The molecule has 0 spiro atoms. The molecule has 1 aromatic heterocycles. The fourth-order valence-corrected chi connectivity index (χ4v) is 3.97. The van der Waals surface area contributed by atoms with Gasteiger partial charge in [0.25, 0.3) is 0 Å². The number of pyridine rings is 1. The first kappa shape index (κ1) is 32.8. The van der Waals surface area contributed by atoms with E-state index in [1.165, 1.54) is 0 Å². The molecule has 0 aliphatic rings. The van der Waals surface area contributed by atoms with Gasteiger partial charge in [-0.3, -0.25) is 9.88 Å². The molecule has 192 valence electrons. The molecule has 0 fully saturated rings. The van der Waals surface area contributed by atoms with Crippen LogP contribution < -0.4 is 10.2 Å². The Labute approximate surface area is 223 Å². The maximum atomic E-state index is 13.2. The van der Waals surface area contributed by atoms with Gasteiger partial charge in [0.15, 0.2) is 0 Å². The monoisotopic (exact) mass is 560 g/mol. The molecule has 2 aromatic carbocycles. The van der Waals surface area contributed by atoms with Crippen LogP contribution in [0.2, 0.25) is 0 Å². The molecule has 35 heavy (non-hydrogen) atoms. The number of hydrogen-bond acceptors (Lipinski definition) is 4. The van der Waals surface area contributed by atoms with Crippen LogP contribution in [0.4, 0.5) is 0 Å². The fraction of sp³-hybridized carbons (Fsp3) is 0.393. The second-order valence-electron chi connectivity index (χ2n) is 10.6. The molecule has 0 aliphatic heterocycles. The molecule has 3 aromatic rings. The summed E-state index contributed by atoms with van der Waals surface area (Å²) in [4.78, 5) is 6.60. The Hall–Kier alpha value is -2.24. The molecule has 7 heteroatoms. The predicted octanol–water partition coefficient (Wildman–Crippen LogP) is 4.79. The van der Waals surface area contributed by atoms with Crippen LogP contribution >= 0.6 is 0 Å². The van der Waals surface area contributed by atoms with E-state index in [4.69, 9.17) is 0 Å². The quantitative estimate of drug-likeness (QED) is 0.404. The molecule has 1 heterocycles. The van der Waals surface area contributed by atoms with Gasteiger partial charge in [-0.2, -0.15) is 0 Å². The molecule has 0 atom stereocenters. The first-order chi connectivity index (χ1) is 15.0. The predicted molar refractivity (Wildman–Crippen MR) is 128 cm³/mol. The van der Waals surface area contributed by atoms with E-state index in [2.05, 4.69) is 51.4 Å². The van der Waals surface area contributed by atoms with Crippen molar-refractivity contribution < 1.29 is 42.2 Å². The van der Waals surface area contributed by atoms with Crippen molar-refractivity contribution in [3.8, 4) is 11.5 Å².